The molecule has 0 aliphatic carbocycles. The number of hydrogen-bond acceptors (Lipinski definition) is 5. The van der Waals surface area contributed by atoms with Crippen molar-refractivity contribution in [2.45, 2.75) is 33.7 Å². The molecule has 2 aromatic carbocycles. The first kappa shape index (κ1) is 24.2. The molecule has 1 amide bonds. The first-order valence-corrected chi connectivity index (χ1v) is 11.8. The van der Waals surface area contributed by atoms with Crippen LogP contribution in [0.1, 0.15) is 43.1 Å². The largest absolute Gasteiger partial charge is 0.490 e. The number of halogens is 1. The SMILES string of the molecule is CCOc1cc(C(=O)N2CCCN(Cc3ccc(Cl)cc3)CC2)cc(OCC)c1OCC. The quantitative estimate of drug-likeness (QED) is 0.533. The second-order valence-electron chi connectivity index (χ2n) is 7.65. The van der Waals surface area contributed by atoms with Crippen molar-refractivity contribution < 1.29 is 19.0 Å². The van der Waals surface area contributed by atoms with Crippen LogP contribution in [-0.2, 0) is 6.54 Å². The molecule has 3 rings (SSSR count). The standard InChI is InChI=1S/C25H33ClN2O4/c1-4-30-22-16-20(17-23(31-5-2)24(22)32-6-3)25(29)28-13-7-12-27(14-15-28)18-19-8-10-21(26)11-9-19/h8-11,16-17H,4-7,12-15,18H2,1-3H3. The number of carbonyl (C=O) groups is 1. The highest BCUT2D eigenvalue weighted by atomic mass is 35.5. The predicted octanol–water partition coefficient (Wildman–Crippen LogP) is 4.88. The van der Waals surface area contributed by atoms with Gasteiger partial charge < -0.3 is 19.1 Å². The number of hydrogen-bond donors (Lipinski definition) is 0. The Hall–Kier alpha value is -2.44. The van der Waals surface area contributed by atoms with Crippen LogP contribution in [0.25, 0.3) is 0 Å². The molecule has 32 heavy (non-hydrogen) atoms. The van der Waals surface area contributed by atoms with Crippen LogP contribution in [0.2, 0.25) is 5.02 Å². The van der Waals surface area contributed by atoms with Gasteiger partial charge in [-0.2, -0.15) is 0 Å². The Morgan fingerprint density at radius 3 is 2.09 bits per heavy atom. The second kappa shape index (κ2) is 12.0. The zero-order chi connectivity index (χ0) is 22.9. The fourth-order valence-electron chi connectivity index (χ4n) is 3.87. The molecule has 0 atom stereocenters. The molecular formula is C25H33ClN2O4. The summed E-state index contributed by atoms with van der Waals surface area (Å²) in [5.41, 5.74) is 1.79. The van der Waals surface area contributed by atoms with Gasteiger partial charge in [-0.05, 0) is 57.0 Å². The third-order valence-corrected chi connectivity index (χ3v) is 5.60. The maximum atomic E-state index is 13.4. The third-order valence-electron chi connectivity index (χ3n) is 5.35. The maximum Gasteiger partial charge on any atom is 0.254 e. The van der Waals surface area contributed by atoms with Crippen molar-refractivity contribution in [2.24, 2.45) is 0 Å². The molecule has 2 aromatic rings. The highest BCUT2D eigenvalue weighted by molar-refractivity contribution is 6.30. The van der Waals surface area contributed by atoms with Gasteiger partial charge in [-0.3, -0.25) is 9.69 Å². The lowest BCUT2D eigenvalue weighted by molar-refractivity contribution is 0.0760. The minimum Gasteiger partial charge on any atom is -0.490 e. The van der Waals surface area contributed by atoms with Gasteiger partial charge in [-0.15, -0.1) is 0 Å². The van der Waals surface area contributed by atoms with Crippen molar-refractivity contribution in [1.29, 1.82) is 0 Å². The van der Waals surface area contributed by atoms with Gasteiger partial charge in [0.2, 0.25) is 5.75 Å². The van der Waals surface area contributed by atoms with Gasteiger partial charge in [0.15, 0.2) is 11.5 Å². The molecule has 0 aromatic heterocycles. The minimum atomic E-state index is -0.0108. The molecule has 0 spiro atoms. The molecule has 1 saturated heterocycles. The van der Waals surface area contributed by atoms with E-state index in [0.717, 1.165) is 37.6 Å². The van der Waals surface area contributed by atoms with Crippen LogP contribution in [0.5, 0.6) is 17.2 Å². The number of benzene rings is 2. The molecular weight excluding hydrogens is 428 g/mol. The number of ether oxygens (including phenoxy) is 3. The molecule has 1 heterocycles. The summed E-state index contributed by atoms with van der Waals surface area (Å²) >= 11 is 6.00. The van der Waals surface area contributed by atoms with Gasteiger partial charge >= 0.3 is 0 Å². The summed E-state index contributed by atoms with van der Waals surface area (Å²) < 4.78 is 17.3. The van der Waals surface area contributed by atoms with Crippen molar-refractivity contribution >= 4 is 17.5 Å². The fraction of sp³-hybridized carbons (Fsp3) is 0.480. The van der Waals surface area contributed by atoms with Gasteiger partial charge in [0.25, 0.3) is 5.91 Å². The van der Waals surface area contributed by atoms with Gasteiger partial charge in [0, 0.05) is 43.3 Å². The van der Waals surface area contributed by atoms with Crippen LogP contribution < -0.4 is 14.2 Å². The molecule has 6 nitrogen and oxygen atoms in total. The molecule has 1 aliphatic rings. The van der Waals surface area contributed by atoms with Crippen LogP contribution in [0.15, 0.2) is 36.4 Å². The van der Waals surface area contributed by atoms with Crippen molar-refractivity contribution in [3.63, 3.8) is 0 Å². The van der Waals surface area contributed by atoms with Crippen LogP contribution in [-0.4, -0.2) is 61.7 Å². The molecule has 0 N–H and O–H groups in total. The third kappa shape index (κ3) is 6.30. The Morgan fingerprint density at radius 1 is 0.875 bits per heavy atom. The molecule has 1 fully saturated rings. The Labute approximate surface area is 196 Å². The average Bonchev–Trinajstić information content (AvgIpc) is 3.03. The number of amides is 1. The fourth-order valence-corrected chi connectivity index (χ4v) is 4.00. The molecule has 0 saturated carbocycles. The monoisotopic (exact) mass is 460 g/mol. The van der Waals surface area contributed by atoms with Crippen LogP contribution in [0, 0.1) is 0 Å². The zero-order valence-electron chi connectivity index (χ0n) is 19.2. The normalized spacial score (nSPS) is 14.7. The molecule has 7 heteroatoms. The number of carbonyl (C=O) groups excluding carboxylic acids is 1. The summed E-state index contributed by atoms with van der Waals surface area (Å²) in [4.78, 5) is 17.7. The first-order valence-electron chi connectivity index (χ1n) is 11.4. The summed E-state index contributed by atoms with van der Waals surface area (Å²) in [6.07, 6.45) is 0.924. The van der Waals surface area contributed by atoms with Gasteiger partial charge in [0.1, 0.15) is 0 Å². The molecule has 0 bridgehead atoms. The van der Waals surface area contributed by atoms with Crippen LogP contribution in [0.4, 0.5) is 0 Å². The highest BCUT2D eigenvalue weighted by Crippen LogP contribution is 2.39. The summed E-state index contributed by atoms with van der Waals surface area (Å²) in [6.45, 7) is 11.2. The van der Waals surface area contributed by atoms with Crippen molar-refractivity contribution in [3.8, 4) is 17.2 Å². The lowest BCUT2D eigenvalue weighted by Crippen LogP contribution is -2.35. The summed E-state index contributed by atoms with van der Waals surface area (Å²) in [7, 11) is 0. The first-order chi connectivity index (χ1) is 15.5. The van der Waals surface area contributed by atoms with Crippen molar-refractivity contribution in [2.75, 3.05) is 46.0 Å². The topological polar surface area (TPSA) is 51.2 Å². The highest BCUT2D eigenvalue weighted by Gasteiger charge is 2.24. The Balaban J connectivity index is 1.73. The van der Waals surface area contributed by atoms with E-state index in [4.69, 9.17) is 25.8 Å². The lowest BCUT2D eigenvalue weighted by atomic mass is 10.1. The number of rotatable bonds is 9. The molecule has 0 unspecified atom stereocenters. The predicted molar refractivity (Wildman–Crippen MR) is 127 cm³/mol. The van der Waals surface area contributed by atoms with Crippen LogP contribution in [0.3, 0.4) is 0 Å². The number of nitrogens with zero attached hydrogens (tertiary/aromatic N) is 2. The van der Waals surface area contributed by atoms with E-state index in [9.17, 15) is 4.79 Å². The van der Waals surface area contributed by atoms with Gasteiger partial charge in [-0.1, -0.05) is 23.7 Å². The van der Waals surface area contributed by atoms with E-state index < -0.39 is 0 Å². The molecule has 0 radical (unpaired) electrons. The van der Waals surface area contributed by atoms with Crippen LogP contribution >= 0.6 is 11.6 Å². The molecule has 1 aliphatic heterocycles. The van der Waals surface area contributed by atoms with E-state index in [0.29, 0.717) is 49.2 Å². The minimum absolute atomic E-state index is 0.0108. The Bertz CT molecular complexity index is 861. The summed E-state index contributed by atoms with van der Waals surface area (Å²) in [6, 6.07) is 11.5. The smallest absolute Gasteiger partial charge is 0.254 e. The van der Waals surface area contributed by atoms with E-state index in [1.165, 1.54) is 5.56 Å². The van der Waals surface area contributed by atoms with E-state index in [-0.39, 0.29) is 5.91 Å². The summed E-state index contributed by atoms with van der Waals surface area (Å²) in [5, 5.41) is 0.745. The van der Waals surface area contributed by atoms with E-state index in [1.807, 2.05) is 37.8 Å². The van der Waals surface area contributed by atoms with Crippen molar-refractivity contribution in [1.82, 2.24) is 9.80 Å². The second-order valence-corrected chi connectivity index (χ2v) is 8.09. The summed E-state index contributed by atoms with van der Waals surface area (Å²) in [5.74, 6) is 1.63. The van der Waals surface area contributed by atoms with E-state index in [2.05, 4.69) is 17.0 Å². The maximum absolute atomic E-state index is 13.4. The van der Waals surface area contributed by atoms with E-state index >= 15 is 0 Å². The van der Waals surface area contributed by atoms with E-state index in [1.54, 1.807) is 12.1 Å². The average molecular weight is 461 g/mol. The Kier molecular flexibility index (Phi) is 9.06. The lowest BCUT2D eigenvalue weighted by Gasteiger charge is -2.23. The molecule has 174 valence electrons. The van der Waals surface area contributed by atoms with Crippen molar-refractivity contribution in [3.05, 3.63) is 52.5 Å². The van der Waals surface area contributed by atoms with Gasteiger partial charge in [-0.25, -0.2) is 0 Å². The van der Waals surface area contributed by atoms with Gasteiger partial charge in [0.05, 0.1) is 19.8 Å². The zero-order valence-corrected chi connectivity index (χ0v) is 20.0. The Morgan fingerprint density at radius 2 is 1.50 bits per heavy atom.